The first-order valence-corrected chi connectivity index (χ1v) is 9.30. The molecule has 1 unspecified atom stereocenters. The minimum atomic E-state index is -0.328. The lowest BCUT2D eigenvalue weighted by Gasteiger charge is -2.20. The van der Waals surface area contributed by atoms with Crippen LogP contribution < -0.4 is 0 Å². The second kappa shape index (κ2) is 6.20. The first-order chi connectivity index (χ1) is 13.2. The average molecular weight is 353 g/mol. The van der Waals surface area contributed by atoms with Gasteiger partial charge in [0.15, 0.2) is 0 Å². The van der Waals surface area contributed by atoms with Crippen LogP contribution in [0.15, 0.2) is 78.9 Å². The van der Waals surface area contributed by atoms with Crippen molar-refractivity contribution in [3.05, 3.63) is 95.6 Å². The number of carbonyl (C=O) groups excluding carboxylic acids is 2. The van der Waals surface area contributed by atoms with Crippen LogP contribution in [-0.4, -0.2) is 16.7 Å². The molecule has 0 spiro atoms. The Morgan fingerprint density at radius 1 is 0.741 bits per heavy atom. The minimum Gasteiger partial charge on any atom is -0.278 e. The zero-order valence-electron chi connectivity index (χ0n) is 14.8. The van der Waals surface area contributed by atoms with Crippen molar-refractivity contribution in [2.45, 2.75) is 18.9 Å². The fourth-order valence-corrected chi connectivity index (χ4v) is 4.53. The monoisotopic (exact) mass is 353 g/mol. The Balaban J connectivity index is 1.52. The number of nitrogens with zero attached hydrogens (tertiary/aromatic N) is 1. The molecule has 2 aliphatic rings. The van der Waals surface area contributed by atoms with Gasteiger partial charge in [0.1, 0.15) is 0 Å². The molecule has 1 aliphatic carbocycles. The van der Waals surface area contributed by atoms with Gasteiger partial charge in [-0.05, 0) is 27.8 Å². The minimum absolute atomic E-state index is 0.0466. The molecule has 1 fully saturated rings. The molecular weight excluding hydrogens is 334 g/mol. The van der Waals surface area contributed by atoms with E-state index in [1.54, 1.807) is 0 Å². The van der Waals surface area contributed by atoms with Crippen LogP contribution in [-0.2, 0) is 16.1 Å². The van der Waals surface area contributed by atoms with Gasteiger partial charge in [0.05, 0.1) is 12.5 Å². The van der Waals surface area contributed by atoms with Gasteiger partial charge in [-0.3, -0.25) is 14.5 Å². The molecule has 1 saturated heterocycles. The number of likely N-dealkylation sites (tertiary alicyclic amines) is 1. The van der Waals surface area contributed by atoms with Crippen LogP contribution in [0.3, 0.4) is 0 Å². The predicted molar refractivity (Wildman–Crippen MR) is 104 cm³/mol. The van der Waals surface area contributed by atoms with E-state index in [0.717, 1.165) is 16.7 Å². The maximum atomic E-state index is 13.2. The Labute approximate surface area is 158 Å². The van der Waals surface area contributed by atoms with E-state index in [1.165, 1.54) is 16.0 Å². The smallest absolute Gasteiger partial charge is 0.234 e. The summed E-state index contributed by atoms with van der Waals surface area (Å²) >= 11 is 0. The normalized spacial score (nSPS) is 18.7. The van der Waals surface area contributed by atoms with E-state index in [4.69, 9.17) is 0 Å². The molecule has 5 rings (SSSR count). The second-order valence-electron chi connectivity index (χ2n) is 7.27. The van der Waals surface area contributed by atoms with Crippen molar-refractivity contribution in [2.24, 2.45) is 5.92 Å². The fourth-order valence-electron chi connectivity index (χ4n) is 4.53. The molecule has 0 aromatic heterocycles. The standard InChI is InChI=1S/C24H19NO2/c26-22-14-21(24(27)25(22)15-16-8-2-1-3-9-16)23-19-12-6-4-10-17(19)18-11-5-7-13-20(18)23/h1-13,21,23H,14-15H2. The number of rotatable bonds is 3. The Morgan fingerprint density at radius 3 is 1.93 bits per heavy atom. The predicted octanol–water partition coefficient (Wildman–Crippen LogP) is 4.37. The highest BCUT2D eigenvalue weighted by molar-refractivity contribution is 6.04. The van der Waals surface area contributed by atoms with Crippen LogP contribution in [0.4, 0.5) is 0 Å². The third kappa shape index (κ3) is 2.50. The van der Waals surface area contributed by atoms with Crippen LogP contribution in [0, 0.1) is 5.92 Å². The molecule has 1 heterocycles. The third-order valence-corrected chi connectivity index (χ3v) is 5.75. The van der Waals surface area contributed by atoms with Crippen molar-refractivity contribution in [3.63, 3.8) is 0 Å². The summed E-state index contributed by atoms with van der Waals surface area (Å²) in [7, 11) is 0. The summed E-state index contributed by atoms with van der Waals surface area (Å²) in [5.74, 6) is -0.503. The highest BCUT2D eigenvalue weighted by Crippen LogP contribution is 2.50. The molecule has 1 atom stereocenters. The van der Waals surface area contributed by atoms with Crippen LogP contribution in [0.5, 0.6) is 0 Å². The van der Waals surface area contributed by atoms with Crippen molar-refractivity contribution in [2.75, 3.05) is 0 Å². The average Bonchev–Trinajstić information content (AvgIpc) is 3.18. The molecule has 0 radical (unpaired) electrons. The fraction of sp³-hybridized carbons (Fsp3) is 0.167. The van der Waals surface area contributed by atoms with E-state index in [1.807, 2.05) is 54.6 Å². The van der Waals surface area contributed by atoms with Crippen molar-refractivity contribution in [1.29, 1.82) is 0 Å². The van der Waals surface area contributed by atoms with Gasteiger partial charge in [0, 0.05) is 12.3 Å². The summed E-state index contributed by atoms with van der Waals surface area (Å²) in [5, 5.41) is 0. The Kier molecular flexibility index (Phi) is 3.68. The van der Waals surface area contributed by atoms with Crippen molar-refractivity contribution in [3.8, 4) is 11.1 Å². The van der Waals surface area contributed by atoms with Gasteiger partial charge in [-0.1, -0.05) is 78.9 Å². The molecule has 3 nitrogen and oxygen atoms in total. The van der Waals surface area contributed by atoms with Crippen LogP contribution in [0.25, 0.3) is 11.1 Å². The van der Waals surface area contributed by atoms with Gasteiger partial charge in [-0.2, -0.15) is 0 Å². The van der Waals surface area contributed by atoms with Crippen LogP contribution in [0.1, 0.15) is 29.0 Å². The second-order valence-corrected chi connectivity index (χ2v) is 7.27. The largest absolute Gasteiger partial charge is 0.278 e. The highest BCUT2D eigenvalue weighted by atomic mass is 16.2. The number of carbonyl (C=O) groups is 2. The van der Waals surface area contributed by atoms with Crippen molar-refractivity contribution in [1.82, 2.24) is 4.90 Å². The van der Waals surface area contributed by atoms with Crippen LogP contribution >= 0.6 is 0 Å². The summed E-state index contributed by atoms with van der Waals surface area (Å²) < 4.78 is 0. The van der Waals surface area contributed by atoms with Crippen LogP contribution in [0.2, 0.25) is 0 Å². The third-order valence-electron chi connectivity index (χ3n) is 5.75. The van der Waals surface area contributed by atoms with E-state index in [0.29, 0.717) is 6.54 Å². The molecule has 0 N–H and O–H groups in total. The van der Waals surface area contributed by atoms with Crippen molar-refractivity contribution >= 4 is 11.8 Å². The lowest BCUT2D eigenvalue weighted by atomic mass is 9.83. The van der Waals surface area contributed by atoms with Gasteiger partial charge >= 0.3 is 0 Å². The summed E-state index contributed by atoms with van der Waals surface area (Å²) in [4.78, 5) is 27.4. The molecule has 3 aromatic rings. The van der Waals surface area contributed by atoms with Crippen molar-refractivity contribution < 1.29 is 9.59 Å². The lowest BCUT2D eigenvalue weighted by Crippen LogP contribution is -2.31. The number of benzene rings is 3. The van der Waals surface area contributed by atoms with E-state index in [9.17, 15) is 9.59 Å². The lowest BCUT2D eigenvalue weighted by molar-refractivity contribution is -0.140. The Morgan fingerprint density at radius 2 is 1.30 bits per heavy atom. The van der Waals surface area contributed by atoms with E-state index < -0.39 is 0 Å². The number of hydrogen-bond acceptors (Lipinski definition) is 2. The zero-order valence-corrected chi connectivity index (χ0v) is 14.8. The quantitative estimate of drug-likeness (QED) is 0.656. The van der Waals surface area contributed by atoms with Gasteiger partial charge in [0.2, 0.25) is 11.8 Å². The molecule has 0 saturated carbocycles. The Hall–Kier alpha value is -3.20. The Bertz CT molecular complexity index is 996. The molecular formula is C24H19NO2. The number of imide groups is 1. The molecule has 27 heavy (non-hydrogen) atoms. The molecule has 3 aromatic carbocycles. The highest BCUT2D eigenvalue weighted by Gasteiger charge is 2.46. The molecule has 0 bridgehead atoms. The molecule has 3 heteroatoms. The first-order valence-electron chi connectivity index (χ1n) is 9.30. The zero-order chi connectivity index (χ0) is 18.4. The summed E-state index contributed by atoms with van der Waals surface area (Å²) in [6.45, 7) is 0.352. The maximum absolute atomic E-state index is 13.2. The van der Waals surface area contributed by atoms with E-state index >= 15 is 0 Å². The molecule has 2 amide bonds. The summed E-state index contributed by atoms with van der Waals surface area (Å²) in [5.41, 5.74) is 5.66. The number of amides is 2. The summed E-state index contributed by atoms with van der Waals surface area (Å²) in [6, 6.07) is 26.2. The SMILES string of the molecule is O=C1CC(C2c3ccccc3-c3ccccc32)C(=O)N1Cc1ccccc1. The van der Waals surface area contributed by atoms with Gasteiger partial charge < -0.3 is 0 Å². The van der Waals surface area contributed by atoms with Gasteiger partial charge in [-0.15, -0.1) is 0 Å². The number of fused-ring (bicyclic) bond motifs is 3. The first kappa shape index (κ1) is 16.0. The molecule has 1 aliphatic heterocycles. The molecule has 132 valence electrons. The topological polar surface area (TPSA) is 37.4 Å². The summed E-state index contributed by atoms with van der Waals surface area (Å²) in [6.07, 6.45) is 0.277. The van der Waals surface area contributed by atoms with Gasteiger partial charge in [-0.25, -0.2) is 0 Å². The van der Waals surface area contributed by atoms with E-state index in [-0.39, 0.29) is 30.1 Å². The van der Waals surface area contributed by atoms with E-state index in [2.05, 4.69) is 24.3 Å². The maximum Gasteiger partial charge on any atom is 0.234 e. The number of hydrogen-bond donors (Lipinski definition) is 0. The van der Waals surface area contributed by atoms with Gasteiger partial charge in [0.25, 0.3) is 0 Å².